The van der Waals surface area contributed by atoms with Crippen molar-refractivity contribution in [3.05, 3.63) is 31.9 Å². The molecule has 21 heavy (non-hydrogen) atoms. The molecular weight excluding hydrogens is 290 g/mol. The van der Waals surface area contributed by atoms with Crippen LogP contribution in [0.3, 0.4) is 0 Å². The van der Waals surface area contributed by atoms with Gasteiger partial charge in [0.2, 0.25) is 5.82 Å². The number of nitrogens with zero attached hydrogens (tertiary/aromatic N) is 4. The first-order valence-corrected chi connectivity index (χ1v) is 7.66. The van der Waals surface area contributed by atoms with Crippen LogP contribution >= 0.6 is 11.3 Å². The van der Waals surface area contributed by atoms with E-state index >= 15 is 0 Å². The first-order chi connectivity index (χ1) is 9.93. The lowest BCUT2D eigenvalue weighted by molar-refractivity contribution is -0.384. The van der Waals surface area contributed by atoms with Gasteiger partial charge in [0.15, 0.2) is 0 Å². The molecule has 7 nitrogen and oxygen atoms in total. The summed E-state index contributed by atoms with van der Waals surface area (Å²) in [5.74, 6) is 0.458. The van der Waals surface area contributed by atoms with Gasteiger partial charge >= 0.3 is 5.69 Å². The molecule has 0 aliphatic heterocycles. The Labute approximate surface area is 127 Å². The van der Waals surface area contributed by atoms with Crippen molar-refractivity contribution < 1.29 is 4.92 Å². The van der Waals surface area contributed by atoms with Crippen LogP contribution in [0, 0.1) is 24.0 Å². The number of nitrogens with one attached hydrogen (secondary N) is 1. The van der Waals surface area contributed by atoms with Crippen molar-refractivity contribution in [2.75, 3.05) is 5.32 Å². The predicted molar refractivity (Wildman–Crippen MR) is 82.8 cm³/mol. The van der Waals surface area contributed by atoms with Crippen LogP contribution in [0.5, 0.6) is 0 Å². The number of aryl methyl sites for hydroxylation is 3. The molecule has 0 aromatic carbocycles. The van der Waals surface area contributed by atoms with E-state index in [-0.39, 0.29) is 16.7 Å². The molecule has 0 radical (unpaired) electrons. The quantitative estimate of drug-likeness (QED) is 0.652. The summed E-state index contributed by atoms with van der Waals surface area (Å²) in [6.45, 7) is 8.25. The number of rotatable bonds is 6. The van der Waals surface area contributed by atoms with E-state index in [4.69, 9.17) is 0 Å². The molecule has 114 valence electrons. The lowest BCUT2D eigenvalue weighted by Crippen LogP contribution is -2.12. The van der Waals surface area contributed by atoms with Crippen LogP contribution in [-0.2, 0) is 6.54 Å². The number of hydrogen-bond acceptors (Lipinski definition) is 6. The van der Waals surface area contributed by atoms with Crippen molar-refractivity contribution in [3.8, 4) is 0 Å². The van der Waals surface area contributed by atoms with Crippen molar-refractivity contribution in [1.82, 2.24) is 14.8 Å². The third-order valence-corrected chi connectivity index (χ3v) is 4.17. The van der Waals surface area contributed by atoms with E-state index in [1.165, 1.54) is 0 Å². The fraction of sp³-hybridized carbons (Fsp3) is 0.538. The van der Waals surface area contributed by atoms with Gasteiger partial charge in [0.05, 0.1) is 11.0 Å². The maximum absolute atomic E-state index is 11.3. The van der Waals surface area contributed by atoms with Crippen molar-refractivity contribution in [1.29, 1.82) is 0 Å². The lowest BCUT2D eigenvalue weighted by Gasteiger charge is -2.13. The summed E-state index contributed by atoms with van der Waals surface area (Å²) in [4.78, 5) is 16.3. The Morgan fingerprint density at radius 1 is 1.52 bits per heavy atom. The predicted octanol–water partition coefficient (Wildman–Crippen LogP) is 3.45. The molecular formula is C13H19N5O2S. The first kappa shape index (κ1) is 15.4. The lowest BCUT2D eigenvalue weighted by atomic mass is 10.3. The maximum atomic E-state index is 11.3. The molecule has 0 aliphatic rings. The van der Waals surface area contributed by atoms with Crippen LogP contribution in [0.1, 0.15) is 41.9 Å². The third-order valence-electron chi connectivity index (χ3n) is 3.08. The molecule has 2 heterocycles. The molecule has 0 saturated heterocycles. The highest BCUT2D eigenvalue weighted by Gasteiger charge is 2.26. The summed E-state index contributed by atoms with van der Waals surface area (Å²) in [7, 11) is 0. The Hall–Kier alpha value is -1.96. The van der Waals surface area contributed by atoms with Crippen LogP contribution in [0.2, 0.25) is 0 Å². The van der Waals surface area contributed by atoms with Crippen LogP contribution in [0.4, 0.5) is 11.5 Å². The topological polar surface area (TPSA) is 85.9 Å². The zero-order valence-electron chi connectivity index (χ0n) is 12.6. The zero-order valence-corrected chi connectivity index (χ0v) is 13.4. The summed E-state index contributed by atoms with van der Waals surface area (Å²) in [6.07, 6.45) is 2.67. The summed E-state index contributed by atoms with van der Waals surface area (Å²) in [5, 5.41) is 19.7. The van der Waals surface area contributed by atoms with Crippen molar-refractivity contribution in [2.45, 2.75) is 46.7 Å². The zero-order chi connectivity index (χ0) is 15.6. The molecule has 0 bridgehead atoms. The van der Waals surface area contributed by atoms with Crippen LogP contribution < -0.4 is 5.32 Å². The number of anilines is 1. The summed E-state index contributed by atoms with van der Waals surface area (Å²) >= 11 is 1.58. The van der Waals surface area contributed by atoms with Crippen LogP contribution in [-0.4, -0.2) is 19.7 Å². The van der Waals surface area contributed by atoms with E-state index < -0.39 is 0 Å². The van der Waals surface area contributed by atoms with E-state index in [1.807, 2.05) is 20.8 Å². The van der Waals surface area contributed by atoms with Gasteiger partial charge in [0.25, 0.3) is 0 Å². The summed E-state index contributed by atoms with van der Waals surface area (Å²) in [6, 6.07) is -0.103. The van der Waals surface area contributed by atoms with Crippen LogP contribution in [0.25, 0.3) is 0 Å². The minimum atomic E-state index is -0.378. The molecule has 2 aromatic rings. The van der Waals surface area contributed by atoms with Crippen LogP contribution in [0.15, 0.2) is 6.20 Å². The van der Waals surface area contributed by atoms with Gasteiger partial charge in [-0.1, -0.05) is 6.92 Å². The average Bonchev–Trinajstić information content (AvgIpc) is 2.95. The summed E-state index contributed by atoms with van der Waals surface area (Å²) in [5.41, 5.74) is 0.474. The molecule has 0 spiro atoms. The van der Waals surface area contributed by atoms with Crippen molar-refractivity contribution in [3.63, 3.8) is 0 Å². The monoisotopic (exact) mass is 309 g/mol. The van der Waals surface area contributed by atoms with Gasteiger partial charge in [0.1, 0.15) is 10.7 Å². The molecule has 0 saturated carbocycles. The smallest absolute Gasteiger partial charge is 0.333 e. The Morgan fingerprint density at radius 3 is 2.76 bits per heavy atom. The highest BCUT2D eigenvalue weighted by Crippen LogP contribution is 2.32. The fourth-order valence-corrected chi connectivity index (χ4v) is 2.92. The number of hydrogen-bond donors (Lipinski definition) is 1. The Kier molecular flexibility index (Phi) is 4.56. The van der Waals surface area contributed by atoms with Gasteiger partial charge in [-0.05, 0) is 27.2 Å². The SMILES string of the molecule is CCCn1nc(C)c([N+](=O)[O-])c1NC(C)c1ncc(C)s1. The van der Waals surface area contributed by atoms with Gasteiger partial charge in [-0.3, -0.25) is 10.1 Å². The van der Waals surface area contributed by atoms with Gasteiger partial charge < -0.3 is 5.32 Å². The average molecular weight is 309 g/mol. The minimum Gasteiger partial charge on any atom is -0.356 e. The fourth-order valence-electron chi connectivity index (χ4n) is 2.15. The standard InChI is InChI=1S/C13H19N5O2S/c1-5-6-17-12(11(18(19)20)9(3)16-17)15-10(4)13-14-7-8(2)21-13/h7,10,15H,5-6H2,1-4H3. The Morgan fingerprint density at radius 2 is 2.24 bits per heavy atom. The summed E-state index contributed by atoms with van der Waals surface area (Å²) < 4.78 is 1.67. The molecule has 1 N–H and O–H groups in total. The van der Waals surface area contributed by atoms with Gasteiger partial charge in [0, 0.05) is 17.6 Å². The van der Waals surface area contributed by atoms with E-state index in [0.717, 1.165) is 16.3 Å². The van der Waals surface area contributed by atoms with E-state index in [9.17, 15) is 10.1 Å². The van der Waals surface area contributed by atoms with E-state index in [0.29, 0.717) is 18.1 Å². The van der Waals surface area contributed by atoms with Gasteiger partial charge in [-0.15, -0.1) is 11.3 Å². The van der Waals surface area contributed by atoms with Crippen molar-refractivity contribution >= 4 is 22.8 Å². The highest BCUT2D eigenvalue weighted by molar-refractivity contribution is 7.11. The van der Waals surface area contributed by atoms with Crippen molar-refractivity contribution in [2.24, 2.45) is 0 Å². The molecule has 0 fully saturated rings. The largest absolute Gasteiger partial charge is 0.356 e. The molecule has 1 atom stereocenters. The second-order valence-electron chi connectivity index (χ2n) is 4.94. The number of thiazole rings is 1. The second-order valence-corrected chi connectivity index (χ2v) is 6.20. The van der Waals surface area contributed by atoms with E-state index in [2.05, 4.69) is 15.4 Å². The second kappa shape index (κ2) is 6.21. The number of aromatic nitrogens is 3. The number of nitro groups is 1. The van der Waals surface area contributed by atoms with E-state index in [1.54, 1.807) is 29.1 Å². The highest BCUT2D eigenvalue weighted by atomic mass is 32.1. The van der Waals surface area contributed by atoms with Gasteiger partial charge in [-0.2, -0.15) is 5.10 Å². The first-order valence-electron chi connectivity index (χ1n) is 6.84. The molecule has 2 aromatic heterocycles. The molecule has 8 heteroatoms. The third kappa shape index (κ3) is 3.21. The molecule has 2 rings (SSSR count). The molecule has 0 amide bonds. The Balaban J connectivity index is 2.35. The normalized spacial score (nSPS) is 12.4. The Bertz CT molecular complexity index is 649. The molecule has 1 unspecified atom stereocenters. The maximum Gasteiger partial charge on any atom is 0.333 e. The molecule has 0 aliphatic carbocycles. The minimum absolute atomic E-state index is 0.0450. The van der Waals surface area contributed by atoms with Gasteiger partial charge in [-0.25, -0.2) is 9.67 Å².